The van der Waals surface area contributed by atoms with Gasteiger partial charge in [-0.15, -0.1) is 0 Å². The first-order valence-electron chi connectivity index (χ1n) is 6.80. The number of nitrogens with one attached hydrogen (secondary N) is 1. The van der Waals surface area contributed by atoms with Gasteiger partial charge in [-0.3, -0.25) is 4.79 Å². The van der Waals surface area contributed by atoms with Gasteiger partial charge in [0.15, 0.2) is 0 Å². The van der Waals surface area contributed by atoms with E-state index in [-0.39, 0.29) is 10.8 Å². The van der Waals surface area contributed by atoms with Crippen LogP contribution in [0.15, 0.2) is 29.2 Å². The molecule has 1 fully saturated rings. The van der Waals surface area contributed by atoms with Crippen molar-refractivity contribution in [2.45, 2.75) is 37.0 Å². The van der Waals surface area contributed by atoms with Gasteiger partial charge in [-0.05, 0) is 30.5 Å². The lowest BCUT2D eigenvalue weighted by Gasteiger charge is -2.10. The molecule has 1 amide bonds. The number of hydrogen-bond donors (Lipinski definition) is 1. The Hall–Kier alpha value is -1.07. The van der Waals surface area contributed by atoms with Crippen molar-refractivity contribution in [3.8, 4) is 0 Å². The van der Waals surface area contributed by atoms with Crippen molar-refractivity contribution in [2.24, 2.45) is 5.92 Å². The van der Waals surface area contributed by atoms with E-state index in [9.17, 15) is 13.2 Å². The van der Waals surface area contributed by atoms with Gasteiger partial charge in [-0.25, -0.2) is 8.42 Å². The quantitative estimate of drug-likeness (QED) is 0.850. The van der Waals surface area contributed by atoms with Crippen molar-refractivity contribution in [3.05, 3.63) is 29.8 Å². The largest absolute Gasteiger partial charge is 0.352 e. The number of halogens is 1. The lowest BCUT2D eigenvalue weighted by Crippen LogP contribution is -2.25. The van der Waals surface area contributed by atoms with Crippen molar-refractivity contribution >= 4 is 25.6 Å². The molecule has 0 aromatic heterocycles. The molecule has 20 heavy (non-hydrogen) atoms. The third-order valence-electron chi connectivity index (χ3n) is 3.69. The summed E-state index contributed by atoms with van der Waals surface area (Å²) in [4.78, 5) is 11.9. The highest BCUT2D eigenvalue weighted by atomic mass is 35.7. The third kappa shape index (κ3) is 4.21. The lowest BCUT2D eigenvalue weighted by atomic mass is 10.0. The van der Waals surface area contributed by atoms with Crippen LogP contribution in [0.25, 0.3) is 0 Å². The van der Waals surface area contributed by atoms with E-state index < -0.39 is 9.05 Å². The molecule has 1 saturated carbocycles. The maximum Gasteiger partial charge on any atom is 0.261 e. The molecular formula is C14H18ClNO3S. The maximum atomic E-state index is 11.9. The number of carbonyl (C=O) groups is 1. The topological polar surface area (TPSA) is 63.2 Å². The first kappa shape index (κ1) is 15.3. The molecule has 0 bridgehead atoms. The fourth-order valence-corrected chi connectivity index (χ4v) is 3.38. The summed E-state index contributed by atoms with van der Waals surface area (Å²) >= 11 is 0. The minimum Gasteiger partial charge on any atom is -0.352 e. The number of carbonyl (C=O) groups excluding carboxylic acids is 1. The molecule has 0 radical (unpaired) electrons. The summed E-state index contributed by atoms with van der Waals surface area (Å²) in [6, 6.07) is 5.77. The Morgan fingerprint density at radius 2 is 2.00 bits per heavy atom. The van der Waals surface area contributed by atoms with E-state index in [2.05, 4.69) is 5.32 Å². The molecule has 0 heterocycles. The normalized spacial score (nSPS) is 16.2. The molecule has 0 atom stereocenters. The molecule has 1 aromatic rings. The molecule has 1 N–H and O–H groups in total. The predicted molar refractivity (Wildman–Crippen MR) is 78.4 cm³/mol. The molecule has 4 nitrogen and oxygen atoms in total. The highest BCUT2D eigenvalue weighted by molar-refractivity contribution is 8.13. The van der Waals surface area contributed by atoms with Gasteiger partial charge in [-0.1, -0.05) is 31.7 Å². The molecule has 0 aliphatic heterocycles. The van der Waals surface area contributed by atoms with E-state index in [0.717, 1.165) is 6.42 Å². The van der Waals surface area contributed by atoms with Gasteiger partial charge < -0.3 is 5.32 Å². The SMILES string of the molecule is O=C(NCCC1CCCC1)c1cccc(S(=O)(=O)Cl)c1. The fraction of sp³-hybridized carbons (Fsp3) is 0.500. The van der Waals surface area contributed by atoms with Crippen LogP contribution in [0.4, 0.5) is 0 Å². The lowest BCUT2D eigenvalue weighted by molar-refractivity contribution is 0.0951. The van der Waals surface area contributed by atoms with Gasteiger partial charge in [0.25, 0.3) is 15.0 Å². The van der Waals surface area contributed by atoms with Crippen LogP contribution >= 0.6 is 10.7 Å². The van der Waals surface area contributed by atoms with Crippen LogP contribution in [-0.4, -0.2) is 20.9 Å². The molecule has 1 aromatic carbocycles. The van der Waals surface area contributed by atoms with Crippen LogP contribution in [0.5, 0.6) is 0 Å². The Morgan fingerprint density at radius 1 is 1.30 bits per heavy atom. The second kappa shape index (κ2) is 6.59. The van der Waals surface area contributed by atoms with Gasteiger partial charge in [-0.2, -0.15) is 0 Å². The number of amides is 1. The minimum absolute atomic E-state index is 0.0531. The monoisotopic (exact) mass is 315 g/mol. The molecule has 1 aliphatic rings. The standard InChI is InChI=1S/C14H18ClNO3S/c15-20(18,19)13-7-3-6-12(10-13)14(17)16-9-8-11-4-1-2-5-11/h3,6-7,10-11H,1-2,4-5,8-9H2,(H,16,17). The maximum absolute atomic E-state index is 11.9. The Balaban J connectivity index is 1.92. The second-order valence-corrected chi connectivity index (χ2v) is 7.73. The van der Waals surface area contributed by atoms with Gasteiger partial charge >= 0.3 is 0 Å². The average Bonchev–Trinajstić information content (AvgIpc) is 2.91. The highest BCUT2D eigenvalue weighted by Crippen LogP contribution is 2.26. The summed E-state index contributed by atoms with van der Waals surface area (Å²) < 4.78 is 22.5. The molecular weight excluding hydrogens is 298 g/mol. The summed E-state index contributed by atoms with van der Waals surface area (Å²) in [5.41, 5.74) is 0.318. The van der Waals surface area contributed by atoms with E-state index in [1.54, 1.807) is 6.07 Å². The van der Waals surface area contributed by atoms with Crippen molar-refractivity contribution in [1.29, 1.82) is 0 Å². The second-order valence-electron chi connectivity index (χ2n) is 5.16. The van der Waals surface area contributed by atoms with Crippen LogP contribution in [0, 0.1) is 5.92 Å². The van der Waals surface area contributed by atoms with E-state index in [4.69, 9.17) is 10.7 Å². The molecule has 110 valence electrons. The summed E-state index contributed by atoms with van der Waals surface area (Å²) in [6.07, 6.45) is 6.05. The zero-order valence-electron chi connectivity index (χ0n) is 11.1. The van der Waals surface area contributed by atoms with Crippen molar-refractivity contribution in [2.75, 3.05) is 6.54 Å². The molecule has 0 saturated heterocycles. The zero-order chi connectivity index (χ0) is 14.6. The highest BCUT2D eigenvalue weighted by Gasteiger charge is 2.16. The number of hydrogen-bond acceptors (Lipinski definition) is 3. The Kier molecular flexibility index (Phi) is 5.05. The Morgan fingerprint density at radius 3 is 2.65 bits per heavy atom. The Bertz CT molecular complexity index is 580. The molecule has 0 unspecified atom stereocenters. The van der Waals surface area contributed by atoms with E-state index >= 15 is 0 Å². The van der Waals surface area contributed by atoms with Crippen LogP contribution in [0.1, 0.15) is 42.5 Å². The van der Waals surface area contributed by atoms with Gasteiger partial charge in [0.2, 0.25) is 0 Å². The van der Waals surface area contributed by atoms with Crippen LogP contribution < -0.4 is 5.32 Å². The molecule has 6 heteroatoms. The van der Waals surface area contributed by atoms with Crippen LogP contribution in [-0.2, 0) is 9.05 Å². The fourth-order valence-electron chi connectivity index (χ4n) is 2.58. The van der Waals surface area contributed by atoms with Crippen LogP contribution in [0.3, 0.4) is 0 Å². The average molecular weight is 316 g/mol. The van der Waals surface area contributed by atoms with E-state index in [1.165, 1.54) is 43.9 Å². The number of benzene rings is 1. The molecule has 0 spiro atoms. The summed E-state index contributed by atoms with van der Waals surface area (Å²) in [6.45, 7) is 0.626. The summed E-state index contributed by atoms with van der Waals surface area (Å²) in [7, 11) is 1.47. The third-order valence-corrected chi connectivity index (χ3v) is 5.04. The smallest absolute Gasteiger partial charge is 0.261 e. The number of rotatable bonds is 5. The first-order valence-corrected chi connectivity index (χ1v) is 9.10. The van der Waals surface area contributed by atoms with Gasteiger partial charge in [0.05, 0.1) is 4.90 Å². The van der Waals surface area contributed by atoms with Crippen molar-refractivity contribution < 1.29 is 13.2 Å². The summed E-state index contributed by atoms with van der Waals surface area (Å²) in [5.74, 6) is 0.454. The van der Waals surface area contributed by atoms with E-state index in [1.807, 2.05) is 0 Å². The van der Waals surface area contributed by atoms with Crippen molar-refractivity contribution in [1.82, 2.24) is 5.32 Å². The molecule has 1 aliphatic carbocycles. The first-order chi connectivity index (χ1) is 9.47. The Labute approximate surface area is 123 Å². The minimum atomic E-state index is -3.80. The van der Waals surface area contributed by atoms with Crippen LogP contribution in [0.2, 0.25) is 0 Å². The molecule has 2 rings (SSSR count). The van der Waals surface area contributed by atoms with E-state index in [0.29, 0.717) is 18.0 Å². The van der Waals surface area contributed by atoms with Gasteiger partial charge in [0, 0.05) is 22.8 Å². The van der Waals surface area contributed by atoms with Crippen molar-refractivity contribution in [3.63, 3.8) is 0 Å². The predicted octanol–water partition coefficient (Wildman–Crippen LogP) is 2.92. The van der Waals surface area contributed by atoms with Gasteiger partial charge in [0.1, 0.15) is 0 Å². The summed E-state index contributed by atoms with van der Waals surface area (Å²) in [5, 5.41) is 2.83. The zero-order valence-corrected chi connectivity index (χ0v) is 12.7.